The zero-order valence-corrected chi connectivity index (χ0v) is 11.5. The number of ether oxygens (including phenoxy) is 2. The quantitative estimate of drug-likeness (QED) is 0.818. The first kappa shape index (κ1) is 14.2. The average Bonchev–Trinajstić information content (AvgIpc) is 2.31. The first-order valence-electron chi connectivity index (χ1n) is 5.22. The molecule has 2 N–H and O–H groups in total. The lowest BCUT2D eigenvalue weighted by atomic mass is 10.0. The van der Waals surface area contributed by atoms with Crippen molar-refractivity contribution in [3.8, 4) is 5.75 Å². The molecule has 0 radical (unpaired) electrons. The molecule has 0 bridgehead atoms. The number of nitrogens with two attached hydrogens (primary N) is 1. The van der Waals surface area contributed by atoms with Crippen molar-refractivity contribution >= 4 is 21.7 Å². The van der Waals surface area contributed by atoms with Gasteiger partial charge in [-0.3, -0.25) is 4.79 Å². The van der Waals surface area contributed by atoms with Crippen molar-refractivity contribution < 1.29 is 14.3 Å². The second kappa shape index (κ2) is 6.74. The lowest BCUT2D eigenvalue weighted by molar-refractivity contribution is 0.0980. The van der Waals surface area contributed by atoms with Crippen LogP contribution >= 0.6 is 15.9 Å². The van der Waals surface area contributed by atoms with Crippen molar-refractivity contribution in [3.63, 3.8) is 0 Å². The van der Waals surface area contributed by atoms with Crippen LogP contribution in [0, 0.1) is 0 Å². The summed E-state index contributed by atoms with van der Waals surface area (Å²) in [6.07, 6.45) is 0.329. The lowest BCUT2D eigenvalue weighted by Crippen LogP contribution is -2.11. The Bertz CT molecular complexity index is 407. The van der Waals surface area contributed by atoms with Crippen LogP contribution in [0.1, 0.15) is 22.3 Å². The molecule has 94 valence electrons. The molecule has 0 fully saturated rings. The van der Waals surface area contributed by atoms with Gasteiger partial charge in [0.1, 0.15) is 5.75 Å². The maximum absolute atomic E-state index is 11.9. The highest BCUT2D eigenvalue weighted by Gasteiger charge is 2.14. The van der Waals surface area contributed by atoms with Gasteiger partial charge in [0.15, 0.2) is 5.78 Å². The van der Waals surface area contributed by atoms with Crippen molar-refractivity contribution in [2.45, 2.75) is 13.0 Å². The Labute approximate surface area is 109 Å². The summed E-state index contributed by atoms with van der Waals surface area (Å²) in [4.78, 5) is 11.9. The predicted octanol–water partition coefficient (Wildman–Crippen LogP) is 2.14. The third-order valence-electron chi connectivity index (χ3n) is 2.35. The van der Waals surface area contributed by atoms with Gasteiger partial charge in [-0.2, -0.15) is 0 Å². The largest absolute Gasteiger partial charge is 0.496 e. The van der Waals surface area contributed by atoms with E-state index in [-0.39, 0.29) is 5.78 Å². The molecule has 0 heterocycles. The van der Waals surface area contributed by atoms with Gasteiger partial charge in [0.05, 0.1) is 18.2 Å². The molecule has 1 aromatic rings. The average molecular weight is 302 g/mol. The standard InChI is InChI=1S/C12H16BrNO3/c1-16-7-8-5-12(17-2)10(13)6-9(8)11(15)3-4-14/h5-6H,3-4,7,14H2,1-2H3. The maximum Gasteiger partial charge on any atom is 0.164 e. The summed E-state index contributed by atoms with van der Waals surface area (Å²) in [5.74, 6) is 0.698. The Morgan fingerprint density at radius 3 is 2.65 bits per heavy atom. The Morgan fingerprint density at radius 1 is 1.41 bits per heavy atom. The lowest BCUT2D eigenvalue weighted by Gasteiger charge is -2.11. The first-order valence-corrected chi connectivity index (χ1v) is 6.02. The van der Waals surface area contributed by atoms with Crippen LogP contribution in [-0.4, -0.2) is 26.5 Å². The van der Waals surface area contributed by atoms with Crippen molar-refractivity contribution in [2.75, 3.05) is 20.8 Å². The normalized spacial score (nSPS) is 10.4. The van der Waals surface area contributed by atoms with E-state index in [1.165, 1.54) is 0 Å². The zero-order valence-electron chi connectivity index (χ0n) is 9.96. The van der Waals surface area contributed by atoms with E-state index < -0.39 is 0 Å². The molecular weight excluding hydrogens is 286 g/mol. The van der Waals surface area contributed by atoms with Crippen LogP contribution in [0.15, 0.2) is 16.6 Å². The Hall–Kier alpha value is -0.910. The second-order valence-electron chi connectivity index (χ2n) is 3.54. The summed E-state index contributed by atoms with van der Waals surface area (Å²) in [5, 5.41) is 0. The van der Waals surface area contributed by atoms with E-state index in [1.807, 2.05) is 0 Å². The Balaban J connectivity index is 3.17. The molecule has 1 aromatic carbocycles. The van der Waals surface area contributed by atoms with Crippen molar-refractivity contribution in [1.82, 2.24) is 0 Å². The van der Waals surface area contributed by atoms with Gasteiger partial charge in [-0.25, -0.2) is 0 Å². The number of benzene rings is 1. The molecule has 4 nitrogen and oxygen atoms in total. The zero-order chi connectivity index (χ0) is 12.8. The molecule has 0 aliphatic rings. The number of methoxy groups -OCH3 is 2. The minimum atomic E-state index is 0.0166. The topological polar surface area (TPSA) is 61.5 Å². The summed E-state index contributed by atoms with van der Waals surface area (Å²) in [5.41, 5.74) is 6.84. The fourth-order valence-electron chi connectivity index (χ4n) is 1.55. The number of hydrogen-bond acceptors (Lipinski definition) is 4. The van der Waals surface area contributed by atoms with Gasteiger partial charge in [0.2, 0.25) is 0 Å². The van der Waals surface area contributed by atoms with Crippen LogP contribution in [0.25, 0.3) is 0 Å². The van der Waals surface area contributed by atoms with Gasteiger partial charge in [-0.05, 0) is 40.2 Å². The van der Waals surface area contributed by atoms with Crippen LogP contribution in [0.5, 0.6) is 5.75 Å². The maximum atomic E-state index is 11.9. The highest BCUT2D eigenvalue weighted by molar-refractivity contribution is 9.10. The molecule has 0 saturated carbocycles. The minimum absolute atomic E-state index is 0.0166. The number of carbonyl (C=O) groups excluding carboxylic acids is 1. The highest BCUT2D eigenvalue weighted by Crippen LogP contribution is 2.29. The Morgan fingerprint density at radius 2 is 2.12 bits per heavy atom. The molecule has 1 rings (SSSR count). The third kappa shape index (κ3) is 3.52. The first-order chi connectivity index (χ1) is 8.13. The fraction of sp³-hybridized carbons (Fsp3) is 0.417. The van der Waals surface area contributed by atoms with Crippen molar-refractivity contribution in [1.29, 1.82) is 0 Å². The van der Waals surface area contributed by atoms with Gasteiger partial charge in [-0.1, -0.05) is 0 Å². The summed E-state index contributed by atoms with van der Waals surface area (Å²) in [6, 6.07) is 3.56. The van der Waals surface area contributed by atoms with Crippen molar-refractivity contribution in [3.05, 3.63) is 27.7 Å². The second-order valence-corrected chi connectivity index (χ2v) is 4.39. The van der Waals surface area contributed by atoms with Gasteiger partial charge in [-0.15, -0.1) is 0 Å². The van der Waals surface area contributed by atoms with Gasteiger partial charge >= 0.3 is 0 Å². The van der Waals surface area contributed by atoms with Gasteiger partial charge < -0.3 is 15.2 Å². The number of ketones is 1. The molecule has 0 aromatic heterocycles. The molecule has 0 aliphatic heterocycles. The number of hydrogen-bond donors (Lipinski definition) is 1. The molecule has 0 spiro atoms. The Kier molecular flexibility index (Phi) is 5.61. The molecule has 5 heteroatoms. The van der Waals surface area contributed by atoms with E-state index >= 15 is 0 Å². The van der Waals surface area contributed by atoms with E-state index in [1.54, 1.807) is 26.4 Å². The van der Waals surface area contributed by atoms with E-state index in [4.69, 9.17) is 15.2 Å². The van der Waals surface area contributed by atoms with E-state index in [0.717, 1.165) is 10.0 Å². The summed E-state index contributed by atoms with van der Waals surface area (Å²) >= 11 is 3.36. The van der Waals surface area contributed by atoms with Crippen LogP contribution in [0.2, 0.25) is 0 Å². The SMILES string of the molecule is COCc1cc(OC)c(Br)cc1C(=O)CCN. The van der Waals surface area contributed by atoms with E-state index in [2.05, 4.69) is 15.9 Å². The van der Waals surface area contributed by atoms with Crippen LogP contribution < -0.4 is 10.5 Å². The minimum Gasteiger partial charge on any atom is -0.496 e. The van der Waals surface area contributed by atoms with Crippen LogP contribution in [-0.2, 0) is 11.3 Å². The third-order valence-corrected chi connectivity index (χ3v) is 2.97. The smallest absolute Gasteiger partial charge is 0.164 e. The molecule has 0 atom stereocenters. The number of Topliss-reactive ketones (excluding diaryl/α,β-unsaturated/α-hetero) is 1. The number of halogens is 1. The molecule has 0 unspecified atom stereocenters. The monoisotopic (exact) mass is 301 g/mol. The predicted molar refractivity (Wildman–Crippen MR) is 69.4 cm³/mol. The summed E-state index contributed by atoms with van der Waals surface area (Å²) in [7, 11) is 3.17. The molecule has 0 aliphatic carbocycles. The summed E-state index contributed by atoms with van der Waals surface area (Å²) < 4.78 is 11.0. The molecular formula is C12H16BrNO3. The van der Waals surface area contributed by atoms with Crippen LogP contribution in [0.4, 0.5) is 0 Å². The van der Waals surface area contributed by atoms with Crippen molar-refractivity contribution in [2.24, 2.45) is 5.73 Å². The summed E-state index contributed by atoms with van der Waals surface area (Å²) in [6.45, 7) is 0.712. The van der Waals surface area contributed by atoms with E-state index in [0.29, 0.717) is 30.9 Å². The highest BCUT2D eigenvalue weighted by atomic mass is 79.9. The fourth-order valence-corrected chi connectivity index (χ4v) is 2.06. The van der Waals surface area contributed by atoms with E-state index in [9.17, 15) is 4.79 Å². The molecule has 0 saturated heterocycles. The molecule has 0 amide bonds. The number of carbonyl (C=O) groups is 1. The molecule has 17 heavy (non-hydrogen) atoms. The number of rotatable bonds is 6. The van der Waals surface area contributed by atoms with Crippen LogP contribution in [0.3, 0.4) is 0 Å². The van der Waals surface area contributed by atoms with Gasteiger partial charge in [0, 0.05) is 19.1 Å². The van der Waals surface area contributed by atoms with Gasteiger partial charge in [0.25, 0.3) is 0 Å².